The molecule has 0 saturated carbocycles. The van der Waals surface area contributed by atoms with Crippen molar-refractivity contribution in [3.05, 3.63) is 113 Å². The molecule has 1 atom stereocenters. The minimum Gasteiger partial charge on any atom is -0.0843 e. The number of hydrogen-bond donors (Lipinski definition) is 0. The van der Waals surface area contributed by atoms with E-state index in [4.69, 9.17) is 11.6 Å². The lowest BCUT2D eigenvalue weighted by Gasteiger charge is -2.15. The number of hydrogen-bond acceptors (Lipinski definition) is 0. The van der Waals surface area contributed by atoms with Crippen LogP contribution in [-0.2, 0) is 0 Å². The van der Waals surface area contributed by atoms with E-state index >= 15 is 0 Å². The highest BCUT2D eigenvalue weighted by Crippen LogP contribution is 2.40. The molecule has 0 nitrogen and oxygen atoms in total. The molecule has 4 aromatic carbocycles. The van der Waals surface area contributed by atoms with Crippen molar-refractivity contribution in [2.24, 2.45) is 0 Å². The first kappa shape index (κ1) is 15.4. The van der Waals surface area contributed by atoms with Crippen LogP contribution in [0.25, 0.3) is 28.0 Å². The zero-order valence-corrected chi connectivity index (χ0v) is 14.9. The molecule has 0 amide bonds. The van der Waals surface area contributed by atoms with Crippen LogP contribution in [0.15, 0.2) is 91.0 Å². The molecular weight excluding hydrogens is 336 g/mol. The monoisotopic (exact) mass is 352 g/mol. The fourth-order valence-electron chi connectivity index (χ4n) is 3.91. The van der Waals surface area contributed by atoms with E-state index in [9.17, 15) is 0 Å². The summed E-state index contributed by atoms with van der Waals surface area (Å²) in [5.41, 5.74) is 6.49. The van der Waals surface area contributed by atoms with Crippen LogP contribution in [0, 0.1) is 0 Å². The van der Waals surface area contributed by atoms with Gasteiger partial charge in [0.2, 0.25) is 0 Å². The van der Waals surface area contributed by atoms with Crippen molar-refractivity contribution in [2.45, 2.75) is 5.92 Å². The maximum atomic E-state index is 6.05. The fourth-order valence-corrected chi connectivity index (χ4v) is 4.04. The minimum atomic E-state index is 0.307. The van der Waals surface area contributed by atoms with Crippen LogP contribution in [0.3, 0.4) is 0 Å². The molecule has 1 aliphatic rings. The first-order valence-corrected chi connectivity index (χ1v) is 9.23. The Morgan fingerprint density at radius 3 is 2.35 bits per heavy atom. The molecule has 4 aromatic rings. The summed E-state index contributed by atoms with van der Waals surface area (Å²) in [4.78, 5) is 0. The number of benzene rings is 4. The van der Waals surface area contributed by atoms with E-state index in [2.05, 4.69) is 84.9 Å². The number of halogens is 1. The van der Waals surface area contributed by atoms with Gasteiger partial charge in [-0.1, -0.05) is 96.5 Å². The lowest BCUT2D eigenvalue weighted by Crippen LogP contribution is -1.97. The maximum Gasteiger partial charge on any atom is 0.0406 e. The van der Waals surface area contributed by atoms with E-state index in [-0.39, 0.29) is 0 Å². The average Bonchev–Trinajstić information content (AvgIpc) is 3.12. The average molecular weight is 353 g/mol. The molecule has 0 aromatic heterocycles. The molecule has 1 aliphatic carbocycles. The molecular formula is C25H17Cl. The summed E-state index contributed by atoms with van der Waals surface area (Å²) in [5, 5.41) is 3.35. The van der Waals surface area contributed by atoms with Crippen molar-refractivity contribution in [1.82, 2.24) is 0 Å². The molecule has 26 heavy (non-hydrogen) atoms. The zero-order valence-electron chi connectivity index (χ0n) is 14.2. The molecule has 0 bridgehead atoms. The van der Waals surface area contributed by atoms with E-state index < -0.39 is 0 Å². The van der Waals surface area contributed by atoms with Gasteiger partial charge < -0.3 is 0 Å². The summed E-state index contributed by atoms with van der Waals surface area (Å²) in [7, 11) is 0. The Bertz CT molecular complexity index is 1140. The smallest absolute Gasteiger partial charge is 0.0406 e. The maximum absolute atomic E-state index is 6.05. The van der Waals surface area contributed by atoms with Gasteiger partial charge in [0.05, 0.1) is 0 Å². The Morgan fingerprint density at radius 1 is 0.692 bits per heavy atom. The predicted molar refractivity (Wildman–Crippen MR) is 112 cm³/mol. The Morgan fingerprint density at radius 2 is 1.50 bits per heavy atom. The highest BCUT2D eigenvalue weighted by atomic mass is 35.5. The molecule has 0 saturated heterocycles. The Kier molecular flexibility index (Phi) is 3.65. The van der Waals surface area contributed by atoms with Crippen molar-refractivity contribution < 1.29 is 0 Å². The van der Waals surface area contributed by atoms with Gasteiger partial charge in [-0.2, -0.15) is 0 Å². The van der Waals surface area contributed by atoms with Crippen LogP contribution in [-0.4, -0.2) is 0 Å². The van der Waals surface area contributed by atoms with Gasteiger partial charge >= 0.3 is 0 Å². The molecule has 0 aliphatic heterocycles. The highest BCUT2D eigenvalue weighted by Gasteiger charge is 2.21. The van der Waals surface area contributed by atoms with Crippen molar-refractivity contribution in [3.8, 4) is 11.1 Å². The normalized spacial score (nSPS) is 15.3. The van der Waals surface area contributed by atoms with Crippen LogP contribution in [0.1, 0.15) is 22.6 Å². The van der Waals surface area contributed by atoms with Crippen molar-refractivity contribution in [2.75, 3.05) is 0 Å². The van der Waals surface area contributed by atoms with Crippen LogP contribution in [0.2, 0.25) is 5.02 Å². The van der Waals surface area contributed by atoms with Gasteiger partial charge in [-0.25, -0.2) is 0 Å². The second-order valence-electron chi connectivity index (χ2n) is 6.76. The van der Waals surface area contributed by atoms with E-state index in [1.807, 2.05) is 12.1 Å². The molecule has 0 N–H and O–H groups in total. The van der Waals surface area contributed by atoms with E-state index in [1.54, 1.807) is 0 Å². The second kappa shape index (κ2) is 6.16. The second-order valence-corrected chi connectivity index (χ2v) is 7.20. The molecule has 5 rings (SSSR count). The predicted octanol–water partition coefficient (Wildman–Crippen LogP) is 7.32. The molecule has 1 heteroatoms. The van der Waals surface area contributed by atoms with Gasteiger partial charge in [0, 0.05) is 10.9 Å². The topological polar surface area (TPSA) is 0 Å². The van der Waals surface area contributed by atoms with Crippen molar-refractivity contribution in [3.63, 3.8) is 0 Å². The highest BCUT2D eigenvalue weighted by molar-refractivity contribution is 6.30. The summed E-state index contributed by atoms with van der Waals surface area (Å²) >= 11 is 6.05. The quantitative estimate of drug-likeness (QED) is 0.354. The van der Waals surface area contributed by atoms with Crippen LogP contribution in [0.4, 0.5) is 0 Å². The number of fused-ring (bicyclic) bond motifs is 2. The molecule has 124 valence electrons. The molecule has 0 fully saturated rings. The number of allylic oxidation sites excluding steroid dienone is 1. The molecule has 0 heterocycles. The summed E-state index contributed by atoms with van der Waals surface area (Å²) < 4.78 is 0. The third-order valence-electron chi connectivity index (χ3n) is 5.22. The van der Waals surface area contributed by atoms with Crippen molar-refractivity contribution >= 4 is 28.4 Å². The van der Waals surface area contributed by atoms with E-state index in [0.29, 0.717) is 5.92 Å². The minimum absolute atomic E-state index is 0.307. The van der Waals surface area contributed by atoms with Gasteiger partial charge in [-0.15, -0.1) is 0 Å². The summed E-state index contributed by atoms with van der Waals surface area (Å²) in [6.07, 6.45) is 4.58. The van der Waals surface area contributed by atoms with Gasteiger partial charge in [0.25, 0.3) is 0 Å². The summed E-state index contributed by atoms with van der Waals surface area (Å²) in [6.45, 7) is 0. The van der Waals surface area contributed by atoms with E-state index in [1.165, 1.54) is 38.6 Å². The van der Waals surface area contributed by atoms with Crippen molar-refractivity contribution in [1.29, 1.82) is 0 Å². The standard InChI is InChI=1S/C25H17Cl/c26-21-12-10-18(11-13-21)22-6-3-7-24-23(14-15-25(22)24)20-9-8-17-4-1-2-5-19(17)16-20/h1-16,23H. The first-order chi connectivity index (χ1) is 12.8. The SMILES string of the molecule is Clc1ccc(-c2cccc3c2C=CC3c2ccc3ccccc3c2)cc1. The number of rotatable bonds is 2. The lowest BCUT2D eigenvalue weighted by atomic mass is 9.89. The summed E-state index contributed by atoms with van der Waals surface area (Å²) in [5.74, 6) is 0.307. The van der Waals surface area contributed by atoms with E-state index in [0.717, 1.165) is 5.02 Å². The lowest BCUT2D eigenvalue weighted by molar-refractivity contribution is 1.05. The largest absolute Gasteiger partial charge is 0.0843 e. The Labute approximate surface area is 158 Å². The molecule has 0 radical (unpaired) electrons. The first-order valence-electron chi connectivity index (χ1n) is 8.85. The Balaban J connectivity index is 1.61. The van der Waals surface area contributed by atoms with Crippen LogP contribution < -0.4 is 0 Å². The van der Waals surface area contributed by atoms with Gasteiger partial charge in [0.1, 0.15) is 0 Å². The third kappa shape index (κ3) is 2.55. The van der Waals surface area contributed by atoms with Crippen LogP contribution in [0.5, 0.6) is 0 Å². The molecule has 1 unspecified atom stereocenters. The van der Waals surface area contributed by atoms with Gasteiger partial charge in [-0.3, -0.25) is 0 Å². The Hall–Kier alpha value is -2.83. The van der Waals surface area contributed by atoms with Crippen LogP contribution >= 0.6 is 11.6 Å². The zero-order chi connectivity index (χ0) is 17.5. The van der Waals surface area contributed by atoms with Gasteiger partial charge in [-0.05, 0) is 50.7 Å². The third-order valence-corrected chi connectivity index (χ3v) is 5.47. The summed E-state index contributed by atoms with van der Waals surface area (Å²) in [6, 6.07) is 30.0. The molecule has 0 spiro atoms. The van der Waals surface area contributed by atoms with Gasteiger partial charge in [0.15, 0.2) is 0 Å². The fraction of sp³-hybridized carbons (Fsp3) is 0.0400.